The van der Waals surface area contributed by atoms with Gasteiger partial charge in [0.05, 0.1) is 0 Å². The van der Waals surface area contributed by atoms with Crippen LogP contribution >= 0.6 is 11.6 Å². The maximum atomic E-state index is 12.4. The summed E-state index contributed by atoms with van der Waals surface area (Å²) in [5.41, 5.74) is 1.37. The first-order valence-corrected chi connectivity index (χ1v) is 7.68. The lowest BCUT2D eigenvalue weighted by molar-refractivity contribution is -0.165. The standard InChI is InChI=1S/C16H16ClF3N2O2/c1-10-4-5-11(17)9-12(10)21-15(24)13-3-2-7-22(13)8-6-14(23)16(18,19)20/h4-6,8-9,13H,2-3,7H2,1H3,(H,21,24). The van der Waals surface area contributed by atoms with Gasteiger partial charge in [-0.05, 0) is 37.5 Å². The van der Waals surface area contributed by atoms with E-state index in [1.807, 2.05) is 0 Å². The summed E-state index contributed by atoms with van der Waals surface area (Å²) in [6.07, 6.45) is -2.27. The number of hydrogen-bond acceptors (Lipinski definition) is 3. The Morgan fingerprint density at radius 1 is 1.38 bits per heavy atom. The van der Waals surface area contributed by atoms with Gasteiger partial charge < -0.3 is 10.2 Å². The first-order valence-electron chi connectivity index (χ1n) is 7.30. The lowest BCUT2D eigenvalue weighted by Gasteiger charge is -2.22. The molecule has 1 aliphatic rings. The molecule has 1 N–H and O–H groups in total. The summed E-state index contributed by atoms with van der Waals surface area (Å²) in [5, 5.41) is 3.20. The minimum Gasteiger partial charge on any atom is -0.365 e. The lowest BCUT2D eigenvalue weighted by Crippen LogP contribution is -2.37. The predicted octanol–water partition coefficient (Wildman–Crippen LogP) is 3.70. The number of nitrogens with one attached hydrogen (secondary N) is 1. The molecule has 1 aliphatic heterocycles. The first kappa shape index (κ1) is 18.3. The number of carbonyl (C=O) groups is 2. The molecule has 0 aromatic heterocycles. The SMILES string of the molecule is Cc1ccc(Cl)cc1NC(=O)C1CCCN1C=CC(=O)C(F)(F)F. The van der Waals surface area contributed by atoms with E-state index in [1.165, 1.54) is 4.90 Å². The lowest BCUT2D eigenvalue weighted by atomic mass is 10.1. The molecule has 1 fully saturated rings. The molecule has 0 saturated carbocycles. The molecule has 8 heteroatoms. The Balaban J connectivity index is 2.07. The maximum Gasteiger partial charge on any atom is 0.454 e. The molecule has 4 nitrogen and oxygen atoms in total. The first-order chi connectivity index (χ1) is 11.2. The summed E-state index contributed by atoms with van der Waals surface area (Å²) in [5.74, 6) is -2.29. The van der Waals surface area contributed by atoms with Crippen LogP contribution in [-0.4, -0.2) is 35.4 Å². The quantitative estimate of drug-likeness (QED) is 0.833. The number of ketones is 1. The van der Waals surface area contributed by atoms with Crippen LogP contribution in [0.5, 0.6) is 0 Å². The van der Waals surface area contributed by atoms with Crippen LogP contribution < -0.4 is 5.32 Å². The minimum absolute atomic E-state index is 0.345. The molecule has 1 saturated heterocycles. The molecule has 1 amide bonds. The van der Waals surface area contributed by atoms with Crippen molar-refractivity contribution in [2.45, 2.75) is 32.0 Å². The zero-order chi connectivity index (χ0) is 17.9. The van der Waals surface area contributed by atoms with Crippen molar-refractivity contribution in [3.05, 3.63) is 41.1 Å². The molecule has 1 aromatic rings. The fourth-order valence-electron chi connectivity index (χ4n) is 2.45. The van der Waals surface area contributed by atoms with Gasteiger partial charge in [-0.3, -0.25) is 9.59 Å². The van der Waals surface area contributed by atoms with Gasteiger partial charge in [-0.25, -0.2) is 0 Å². The molecule has 1 aromatic carbocycles. The molecule has 0 aliphatic carbocycles. The number of hydrogen-bond donors (Lipinski definition) is 1. The van der Waals surface area contributed by atoms with E-state index in [9.17, 15) is 22.8 Å². The molecule has 0 spiro atoms. The maximum absolute atomic E-state index is 12.4. The van der Waals surface area contributed by atoms with Crippen LogP contribution in [0.4, 0.5) is 18.9 Å². The Labute approximate surface area is 142 Å². The molecular weight excluding hydrogens is 345 g/mol. The van der Waals surface area contributed by atoms with Gasteiger partial charge in [0.15, 0.2) is 0 Å². The van der Waals surface area contributed by atoms with E-state index in [-0.39, 0.29) is 5.91 Å². The Morgan fingerprint density at radius 3 is 2.75 bits per heavy atom. The third kappa shape index (κ3) is 4.50. The van der Waals surface area contributed by atoms with Gasteiger partial charge in [-0.15, -0.1) is 0 Å². The summed E-state index contributed by atoms with van der Waals surface area (Å²) in [4.78, 5) is 24.8. The second-order valence-corrected chi connectivity index (χ2v) is 5.96. The number of rotatable bonds is 4. The zero-order valence-electron chi connectivity index (χ0n) is 12.9. The third-order valence-electron chi connectivity index (χ3n) is 3.75. The summed E-state index contributed by atoms with van der Waals surface area (Å²) in [6.45, 7) is 2.22. The number of benzene rings is 1. The van der Waals surface area contributed by atoms with E-state index in [1.54, 1.807) is 25.1 Å². The second-order valence-electron chi connectivity index (χ2n) is 5.52. The largest absolute Gasteiger partial charge is 0.454 e. The number of allylic oxidation sites excluding steroid dienone is 1. The molecule has 2 rings (SSSR count). The summed E-state index contributed by atoms with van der Waals surface area (Å²) < 4.78 is 36.7. The van der Waals surface area contributed by atoms with E-state index >= 15 is 0 Å². The van der Waals surface area contributed by atoms with E-state index in [2.05, 4.69) is 5.32 Å². The highest BCUT2D eigenvalue weighted by Gasteiger charge is 2.37. The monoisotopic (exact) mass is 360 g/mol. The summed E-state index contributed by atoms with van der Waals surface area (Å²) >= 11 is 5.90. The third-order valence-corrected chi connectivity index (χ3v) is 3.99. The van der Waals surface area contributed by atoms with Crippen LogP contribution in [0.25, 0.3) is 0 Å². The number of aryl methyl sites for hydroxylation is 1. The average molecular weight is 361 g/mol. The Kier molecular flexibility index (Phi) is 5.54. The fraction of sp³-hybridized carbons (Fsp3) is 0.375. The van der Waals surface area contributed by atoms with E-state index in [0.29, 0.717) is 36.2 Å². The molecule has 0 radical (unpaired) electrons. The van der Waals surface area contributed by atoms with Crippen molar-refractivity contribution >= 4 is 29.0 Å². The predicted molar refractivity (Wildman–Crippen MR) is 84.7 cm³/mol. The summed E-state index contributed by atoms with van der Waals surface area (Å²) in [6, 6.07) is 4.43. The minimum atomic E-state index is -4.91. The van der Waals surface area contributed by atoms with Crippen molar-refractivity contribution in [2.75, 3.05) is 11.9 Å². The summed E-state index contributed by atoms with van der Waals surface area (Å²) in [7, 11) is 0. The van der Waals surface area contributed by atoms with Gasteiger partial charge in [0.1, 0.15) is 6.04 Å². The molecule has 1 unspecified atom stereocenters. The highest BCUT2D eigenvalue weighted by atomic mass is 35.5. The average Bonchev–Trinajstić information content (AvgIpc) is 2.96. The fourth-order valence-corrected chi connectivity index (χ4v) is 2.62. The van der Waals surface area contributed by atoms with Crippen LogP contribution in [0.1, 0.15) is 18.4 Å². The molecule has 130 valence electrons. The Bertz CT molecular complexity index is 674. The molecule has 24 heavy (non-hydrogen) atoms. The number of anilines is 1. The number of carbonyl (C=O) groups excluding carboxylic acids is 2. The van der Waals surface area contributed by atoms with E-state index in [0.717, 1.165) is 11.8 Å². The second kappa shape index (κ2) is 7.25. The van der Waals surface area contributed by atoms with Crippen molar-refractivity contribution in [1.82, 2.24) is 4.90 Å². The highest BCUT2D eigenvalue weighted by molar-refractivity contribution is 6.31. The van der Waals surface area contributed by atoms with Gasteiger partial charge in [-0.1, -0.05) is 17.7 Å². The Hall–Kier alpha value is -2.02. The molecule has 1 atom stereocenters. The van der Waals surface area contributed by atoms with Crippen molar-refractivity contribution in [1.29, 1.82) is 0 Å². The van der Waals surface area contributed by atoms with Gasteiger partial charge in [0.25, 0.3) is 5.78 Å². The highest BCUT2D eigenvalue weighted by Crippen LogP contribution is 2.24. The number of halogens is 4. The van der Waals surface area contributed by atoms with Crippen molar-refractivity contribution < 1.29 is 22.8 Å². The number of amides is 1. The van der Waals surface area contributed by atoms with Crippen LogP contribution in [0.3, 0.4) is 0 Å². The normalized spacial score (nSPS) is 18.2. The topological polar surface area (TPSA) is 49.4 Å². The van der Waals surface area contributed by atoms with Crippen molar-refractivity contribution in [2.24, 2.45) is 0 Å². The molecular formula is C16H16ClF3N2O2. The van der Waals surface area contributed by atoms with Gasteiger partial charge in [-0.2, -0.15) is 13.2 Å². The molecule has 1 heterocycles. The van der Waals surface area contributed by atoms with E-state index < -0.39 is 18.0 Å². The zero-order valence-corrected chi connectivity index (χ0v) is 13.6. The van der Waals surface area contributed by atoms with Gasteiger partial charge >= 0.3 is 6.18 Å². The number of alkyl halides is 3. The van der Waals surface area contributed by atoms with Gasteiger partial charge in [0, 0.05) is 29.5 Å². The number of likely N-dealkylation sites (tertiary alicyclic amines) is 1. The van der Waals surface area contributed by atoms with Crippen molar-refractivity contribution in [3.63, 3.8) is 0 Å². The number of nitrogens with zero attached hydrogens (tertiary/aromatic N) is 1. The van der Waals surface area contributed by atoms with Gasteiger partial charge in [0.2, 0.25) is 5.91 Å². The van der Waals surface area contributed by atoms with Crippen LogP contribution in [0.2, 0.25) is 5.02 Å². The van der Waals surface area contributed by atoms with E-state index in [4.69, 9.17) is 11.6 Å². The van der Waals surface area contributed by atoms with Crippen LogP contribution in [0.15, 0.2) is 30.5 Å². The smallest absolute Gasteiger partial charge is 0.365 e. The Morgan fingerprint density at radius 2 is 2.08 bits per heavy atom. The van der Waals surface area contributed by atoms with Crippen molar-refractivity contribution in [3.8, 4) is 0 Å². The van der Waals surface area contributed by atoms with Crippen LogP contribution in [-0.2, 0) is 9.59 Å². The molecule has 0 bridgehead atoms. The van der Waals surface area contributed by atoms with Crippen LogP contribution in [0, 0.1) is 6.92 Å².